The molecule has 2 amide bonds. The third kappa shape index (κ3) is 5.08. The van der Waals surface area contributed by atoms with Gasteiger partial charge in [-0.1, -0.05) is 53.6 Å². The summed E-state index contributed by atoms with van der Waals surface area (Å²) < 4.78 is 0. The van der Waals surface area contributed by atoms with Gasteiger partial charge >= 0.3 is 0 Å². The fourth-order valence-corrected chi connectivity index (χ4v) is 3.47. The first-order valence-corrected chi connectivity index (χ1v) is 9.35. The van der Waals surface area contributed by atoms with E-state index < -0.39 is 12.1 Å². The number of likely N-dealkylation sites (tertiary alicyclic amines) is 1. The Labute approximate surface area is 163 Å². The third-order valence-corrected chi connectivity index (χ3v) is 4.97. The van der Waals surface area contributed by atoms with Crippen molar-refractivity contribution >= 4 is 23.4 Å². The normalized spacial score (nSPS) is 19.1. The van der Waals surface area contributed by atoms with Gasteiger partial charge in [0.15, 0.2) is 0 Å². The second-order valence-electron chi connectivity index (χ2n) is 6.96. The van der Waals surface area contributed by atoms with Gasteiger partial charge in [0.05, 0.1) is 12.5 Å². The van der Waals surface area contributed by atoms with Crippen LogP contribution in [0.15, 0.2) is 48.5 Å². The summed E-state index contributed by atoms with van der Waals surface area (Å²) in [5.41, 5.74) is 2.91. The second-order valence-corrected chi connectivity index (χ2v) is 7.40. The largest absolute Gasteiger partial charge is 0.391 e. The maximum atomic E-state index is 12.7. The van der Waals surface area contributed by atoms with Crippen LogP contribution in [-0.2, 0) is 22.6 Å². The number of carbonyl (C=O) groups excluding carboxylic acids is 2. The molecule has 0 bridgehead atoms. The van der Waals surface area contributed by atoms with E-state index in [-0.39, 0.29) is 31.2 Å². The van der Waals surface area contributed by atoms with Crippen LogP contribution in [0.5, 0.6) is 0 Å². The predicted octanol–water partition coefficient (Wildman–Crippen LogP) is 2.47. The molecule has 5 nitrogen and oxygen atoms in total. The monoisotopic (exact) mass is 386 g/mol. The number of carbonyl (C=O) groups is 2. The highest BCUT2D eigenvalue weighted by atomic mass is 35.5. The van der Waals surface area contributed by atoms with Gasteiger partial charge in [0.25, 0.3) is 0 Å². The number of aryl methyl sites for hydroxylation is 1. The zero-order valence-corrected chi connectivity index (χ0v) is 15.9. The van der Waals surface area contributed by atoms with Gasteiger partial charge in [-0.2, -0.15) is 0 Å². The molecular weight excluding hydrogens is 364 g/mol. The van der Waals surface area contributed by atoms with Crippen LogP contribution < -0.4 is 5.32 Å². The molecule has 0 aliphatic carbocycles. The Balaban J connectivity index is 1.63. The lowest BCUT2D eigenvalue weighted by Crippen LogP contribution is -2.46. The molecule has 1 heterocycles. The van der Waals surface area contributed by atoms with E-state index in [1.807, 2.05) is 43.3 Å². The molecule has 2 atom stereocenters. The van der Waals surface area contributed by atoms with Crippen LogP contribution >= 0.6 is 11.6 Å². The first kappa shape index (κ1) is 19.4. The first-order valence-electron chi connectivity index (χ1n) is 8.97. The highest BCUT2D eigenvalue weighted by molar-refractivity contribution is 6.30. The molecule has 27 heavy (non-hydrogen) atoms. The molecule has 0 aromatic heterocycles. The molecule has 6 heteroatoms. The van der Waals surface area contributed by atoms with E-state index in [0.717, 1.165) is 16.7 Å². The van der Waals surface area contributed by atoms with Gasteiger partial charge in [-0.15, -0.1) is 0 Å². The Kier molecular flexibility index (Phi) is 6.14. The molecule has 2 N–H and O–H groups in total. The van der Waals surface area contributed by atoms with Crippen LogP contribution in [0.3, 0.4) is 0 Å². The summed E-state index contributed by atoms with van der Waals surface area (Å²) in [6, 6.07) is 14.3. The molecular formula is C21H23ClN2O3. The minimum atomic E-state index is -0.683. The Morgan fingerprint density at radius 1 is 1.19 bits per heavy atom. The van der Waals surface area contributed by atoms with E-state index in [0.29, 0.717) is 11.6 Å². The van der Waals surface area contributed by atoms with Crippen molar-refractivity contribution in [1.82, 2.24) is 10.2 Å². The molecule has 2 aromatic rings. The first-order chi connectivity index (χ1) is 12.9. The highest BCUT2D eigenvalue weighted by Crippen LogP contribution is 2.20. The average Bonchev–Trinajstić information content (AvgIpc) is 3.03. The lowest BCUT2D eigenvalue weighted by Gasteiger charge is -2.24. The van der Waals surface area contributed by atoms with Crippen molar-refractivity contribution in [2.45, 2.75) is 38.5 Å². The van der Waals surface area contributed by atoms with Crippen LogP contribution in [0, 0.1) is 6.92 Å². The topological polar surface area (TPSA) is 69.6 Å². The van der Waals surface area contributed by atoms with E-state index in [1.165, 1.54) is 4.90 Å². The molecule has 2 unspecified atom stereocenters. The summed E-state index contributed by atoms with van der Waals surface area (Å²) in [5, 5.41) is 13.5. The van der Waals surface area contributed by atoms with E-state index in [9.17, 15) is 14.7 Å². The molecule has 1 aliphatic rings. The smallest absolute Gasteiger partial charge is 0.243 e. The van der Waals surface area contributed by atoms with Gasteiger partial charge in [0.2, 0.25) is 11.8 Å². The molecule has 1 aliphatic heterocycles. The van der Waals surface area contributed by atoms with Gasteiger partial charge in [-0.25, -0.2) is 0 Å². The summed E-state index contributed by atoms with van der Waals surface area (Å²) >= 11 is 5.86. The van der Waals surface area contributed by atoms with Crippen molar-refractivity contribution in [3.63, 3.8) is 0 Å². The van der Waals surface area contributed by atoms with Crippen molar-refractivity contribution in [3.05, 3.63) is 70.2 Å². The Hall–Kier alpha value is -2.37. The van der Waals surface area contributed by atoms with E-state index in [2.05, 4.69) is 5.32 Å². The number of aliphatic hydroxyl groups excluding tert-OH is 1. The molecule has 2 aromatic carbocycles. The van der Waals surface area contributed by atoms with Crippen molar-refractivity contribution in [2.24, 2.45) is 0 Å². The number of β-amino-alcohol motifs (C(OH)–C–C–N with tert-alkyl or cyclic N) is 1. The molecule has 3 rings (SSSR count). The number of nitrogens with one attached hydrogen (secondary N) is 1. The van der Waals surface area contributed by atoms with Crippen molar-refractivity contribution < 1.29 is 14.7 Å². The minimum Gasteiger partial charge on any atom is -0.391 e. The fraction of sp³-hybridized carbons (Fsp3) is 0.333. The number of benzene rings is 2. The quantitative estimate of drug-likeness (QED) is 0.829. The van der Waals surface area contributed by atoms with Crippen LogP contribution in [0.2, 0.25) is 5.02 Å². The summed E-state index contributed by atoms with van der Waals surface area (Å²) in [7, 11) is 0. The molecule has 0 saturated carbocycles. The Morgan fingerprint density at radius 3 is 2.63 bits per heavy atom. The number of halogens is 1. The molecule has 1 fully saturated rings. The number of hydrogen-bond donors (Lipinski definition) is 2. The molecule has 0 radical (unpaired) electrons. The van der Waals surface area contributed by atoms with Gasteiger partial charge in [-0.3, -0.25) is 9.59 Å². The van der Waals surface area contributed by atoms with Crippen LogP contribution in [0.25, 0.3) is 0 Å². The van der Waals surface area contributed by atoms with Crippen LogP contribution in [-0.4, -0.2) is 40.5 Å². The fourth-order valence-electron chi connectivity index (χ4n) is 3.35. The molecule has 1 saturated heterocycles. The number of rotatable bonds is 5. The summed E-state index contributed by atoms with van der Waals surface area (Å²) in [5.74, 6) is -0.400. The van der Waals surface area contributed by atoms with Gasteiger partial charge < -0.3 is 15.3 Å². The van der Waals surface area contributed by atoms with Crippen molar-refractivity contribution in [3.8, 4) is 0 Å². The Morgan fingerprint density at radius 2 is 1.93 bits per heavy atom. The zero-order chi connectivity index (χ0) is 19.4. The lowest BCUT2D eigenvalue weighted by atomic mass is 10.1. The number of hydrogen-bond acceptors (Lipinski definition) is 3. The minimum absolute atomic E-state index is 0.149. The highest BCUT2D eigenvalue weighted by Gasteiger charge is 2.38. The number of aliphatic hydroxyl groups is 1. The maximum Gasteiger partial charge on any atom is 0.243 e. The SMILES string of the molecule is Cc1cccc(CC(=O)N2CC(O)CC2C(=O)NCc2ccc(Cl)cc2)c1. The predicted molar refractivity (Wildman–Crippen MR) is 104 cm³/mol. The maximum absolute atomic E-state index is 12.7. The van der Waals surface area contributed by atoms with Gasteiger partial charge in [0.1, 0.15) is 6.04 Å². The second kappa shape index (κ2) is 8.55. The van der Waals surface area contributed by atoms with E-state index >= 15 is 0 Å². The standard InChI is InChI=1S/C21H23ClN2O3/c1-14-3-2-4-16(9-14)10-20(26)24-13-18(25)11-19(24)21(27)23-12-15-5-7-17(22)8-6-15/h2-9,18-19,25H,10-13H2,1H3,(H,23,27). The lowest BCUT2D eigenvalue weighted by molar-refractivity contribution is -0.138. The summed E-state index contributed by atoms with van der Waals surface area (Å²) in [4.78, 5) is 26.8. The van der Waals surface area contributed by atoms with Crippen LogP contribution in [0.4, 0.5) is 0 Å². The zero-order valence-electron chi connectivity index (χ0n) is 15.2. The van der Waals surface area contributed by atoms with Crippen LogP contribution in [0.1, 0.15) is 23.1 Å². The van der Waals surface area contributed by atoms with Crippen molar-refractivity contribution in [2.75, 3.05) is 6.54 Å². The van der Waals surface area contributed by atoms with Crippen molar-refractivity contribution in [1.29, 1.82) is 0 Å². The Bertz CT molecular complexity index is 822. The number of amides is 2. The van der Waals surface area contributed by atoms with E-state index in [4.69, 9.17) is 11.6 Å². The average molecular weight is 387 g/mol. The molecule has 0 spiro atoms. The van der Waals surface area contributed by atoms with E-state index in [1.54, 1.807) is 12.1 Å². The molecule has 142 valence electrons. The number of nitrogens with zero attached hydrogens (tertiary/aromatic N) is 1. The third-order valence-electron chi connectivity index (χ3n) is 4.72. The summed E-state index contributed by atoms with van der Waals surface area (Å²) in [6.07, 6.45) is -0.209. The van der Waals surface area contributed by atoms with Gasteiger partial charge in [-0.05, 0) is 30.2 Å². The summed E-state index contributed by atoms with van der Waals surface area (Å²) in [6.45, 7) is 2.51. The van der Waals surface area contributed by atoms with Gasteiger partial charge in [0, 0.05) is 24.5 Å².